The Labute approximate surface area is 110 Å². The average Bonchev–Trinajstić information content (AvgIpc) is 2.69. The van der Waals surface area contributed by atoms with Crippen molar-refractivity contribution in [2.24, 2.45) is 10.9 Å². The zero-order valence-corrected chi connectivity index (χ0v) is 11.9. The highest BCUT2D eigenvalue weighted by Crippen LogP contribution is 2.08. The van der Waals surface area contributed by atoms with Crippen LogP contribution in [0.4, 0.5) is 0 Å². The van der Waals surface area contributed by atoms with Gasteiger partial charge in [-0.2, -0.15) is 5.10 Å². The second kappa shape index (κ2) is 6.99. The molecule has 1 aromatic heterocycles. The summed E-state index contributed by atoms with van der Waals surface area (Å²) in [5.74, 6) is 0.645. The van der Waals surface area contributed by atoms with Gasteiger partial charge in [0, 0.05) is 39.0 Å². The minimum Gasteiger partial charge on any atom is -0.379 e. The highest BCUT2D eigenvalue weighted by atomic mass is 15.3. The molecule has 1 aromatic rings. The van der Waals surface area contributed by atoms with E-state index < -0.39 is 0 Å². The predicted octanol–water partition coefficient (Wildman–Crippen LogP) is 2.71. The summed E-state index contributed by atoms with van der Waals surface area (Å²) in [6.07, 6.45) is 6.84. The standard InChI is InChI=1S/C14H24N4/c1-12(2)9-17(5)11-14(15-4)6-7-18-10-13(3)8-16-18/h8,10-12H,4,6-7,9H2,1-3,5H3/b14-11-. The molecule has 0 N–H and O–H groups in total. The summed E-state index contributed by atoms with van der Waals surface area (Å²) in [6, 6.07) is 0. The Hall–Kier alpha value is -1.58. The number of allylic oxidation sites excluding steroid dienone is 1. The molecule has 1 heterocycles. The van der Waals surface area contributed by atoms with Crippen LogP contribution in [0.25, 0.3) is 0 Å². The summed E-state index contributed by atoms with van der Waals surface area (Å²) < 4.78 is 1.94. The number of aromatic nitrogens is 2. The molecule has 100 valence electrons. The van der Waals surface area contributed by atoms with Crippen molar-refractivity contribution >= 4 is 6.72 Å². The molecule has 0 aliphatic rings. The third kappa shape index (κ3) is 5.17. The van der Waals surface area contributed by atoms with Crippen molar-refractivity contribution in [3.05, 3.63) is 29.9 Å². The van der Waals surface area contributed by atoms with Gasteiger partial charge in [0.15, 0.2) is 0 Å². The van der Waals surface area contributed by atoms with Gasteiger partial charge in [-0.15, -0.1) is 0 Å². The second-order valence-corrected chi connectivity index (χ2v) is 5.14. The van der Waals surface area contributed by atoms with E-state index in [1.54, 1.807) is 0 Å². The monoisotopic (exact) mass is 248 g/mol. The first-order valence-electron chi connectivity index (χ1n) is 6.38. The number of aliphatic imine (C=N–C) groups is 1. The van der Waals surface area contributed by atoms with Crippen LogP contribution in [0.1, 0.15) is 25.8 Å². The lowest BCUT2D eigenvalue weighted by Crippen LogP contribution is -2.17. The maximum atomic E-state index is 4.26. The SMILES string of the molecule is C=N/C(=C\N(C)CC(C)C)CCn1cc(C)cn1. The van der Waals surface area contributed by atoms with Gasteiger partial charge >= 0.3 is 0 Å². The molecule has 0 amide bonds. The van der Waals surface area contributed by atoms with E-state index in [0.717, 1.165) is 25.2 Å². The van der Waals surface area contributed by atoms with Gasteiger partial charge in [-0.05, 0) is 25.1 Å². The fourth-order valence-electron chi connectivity index (χ4n) is 1.89. The molecule has 0 saturated heterocycles. The van der Waals surface area contributed by atoms with Gasteiger partial charge in [0.1, 0.15) is 0 Å². The van der Waals surface area contributed by atoms with Crippen molar-refractivity contribution in [1.29, 1.82) is 0 Å². The van der Waals surface area contributed by atoms with E-state index in [0.29, 0.717) is 5.92 Å². The molecule has 0 aliphatic heterocycles. The minimum absolute atomic E-state index is 0.645. The number of nitrogens with zero attached hydrogens (tertiary/aromatic N) is 4. The Morgan fingerprint density at radius 1 is 1.61 bits per heavy atom. The van der Waals surface area contributed by atoms with Crippen LogP contribution in [0.2, 0.25) is 0 Å². The molecule has 0 unspecified atom stereocenters. The molecule has 4 nitrogen and oxygen atoms in total. The van der Waals surface area contributed by atoms with Crippen molar-refractivity contribution in [1.82, 2.24) is 14.7 Å². The van der Waals surface area contributed by atoms with Gasteiger partial charge in [0.05, 0.1) is 11.9 Å². The molecule has 0 saturated carbocycles. The molecule has 18 heavy (non-hydrogen) atoms. The molecule has 0 radical (unpaired) electrons. The quantitative estimate of drug-likeness (QED) is 0.695. The summed E-state index contributed by atoms with van der Waals surface area (Å²) in [5, 5.41) is 4.26. The Morgan fingerprint density at radius 2 is 2.33 bits per heavy atom. The molecular formula is C14H24N4. The van der Waals surface area contributed by atoms with Crippen LogP contribution in [0.3, 0.4) is 0 Å². The van der Waals surface area contributed by atoms with Gasteiger partial charge in [-0.3, -0.25) is 9.67 Å². The maximum Gasteiger partial charge on any atom is 0.0573 e. The van der Waals surface area contributed by atoms with Crippen molar-refractivity contribution in [2.45, 2.75) is 33.7 Å². The lowest BCUT2D eigenvalue weighted by atomic mass is 10.2. The second-order valence-electron chi connectivity index (χ2n) is 5.14. The number of hydrogen-bond donors (Lipinski definition) is 0. The van der Waals surface area contributed by atoms with Gasteiger partial charge in [-0.1, -0.05) is 13.8 Å². The van der Waals surface area contributed by atoms with Crippen molar-refractivity contribution < 1.29 is 0 Å². The number of aryl methyl sites for hydroxylation is 2. The largest absolute Gasteiger partial charge is 0.379 e. The molecular weight excluding hydrogens is 224 g/mol. The molecule has 4 heteroatoms. The predicted molar refractivity (Wildman–Crippen MR) is 76.7 cm³/mol. The van der Waals surface area contributed by atoms with Crippen LogP contribution in [-0.4, -0.2) is 35.0 Å². The van der Waals surface area contributed by atoms with E-state index >= 15 is 0 Å². The van der Waals surface area contributed by atoms with Gasteiger partial charge in [0.2, 0.25) is 0 Å². The normalized spacial score (nSPS) is 11.9. The topological polar surface area (TPSA) is 33.4 Å². The van der Waals surface area contributed by atoms with Crippen LogP contribution in [-0.2, 0) is 6.54 Å². The fourth-order valence-corrected chi connectivity index (χ4v) is 1.89. The first-order valence-corrected chi connectivity index (χ1v) is 6.38. The summed E-state index contributed by atoms with van der Waals surface area (Å²) in [7, 11) is 2.07. The van der Waals surface area contributed by atoms with Crippen molar-refractivity contribution in [2.75, 3.05) is 13.6 Å². The smallest absolute Gasteiger partial charge is 0.0573 e. The van der Waals surface area contributed by atoms with E-state index in [1.807, 2.05) is 24.0 Å². The van der Waals surface area contributed by atoms with Crippen LogP contribution in [0.5, 0.6) is 0 Å². The Morgan fingerprint density at radius 3 is 2.83 bits per heavy atom. The molecule has 0 aromatic carbocycles. The van der Waals surface area contributed by atoms with Gasteiger partial charge in [0.25, 0.3) is 0 Å². The number of rotatable bonds is 7. The summed E-state index contributed by atoms with van der Waals surface area (Å²) in [5.41, 5.74) is 2.19. The van der Waals surface area contributed by atoms with Crippen LogP contribution < -0.4 is 0 Å². The van der Waals surface area contributed by atoms with Crippen LogP contribution >= 0.6 is 0 Å². The van der Waals surface area contributed by atoms with Gasteiger partial charge < -0.3 is 4.90 Å². The zero-order valence-electron chi connectivity index (χ0n) is 11.9. The molecule has 1 rings (SSSR count). The van der Waals surface area contributed by atoms with Crippen molar-refractivity contribution in [3.63, 3.8) is 0 Å². The van der Waals surface area contributed by atoms with E-state index in [2.05, 4.69) is 48.8 Å². The highest BCUT2D eigenvalue weighted by molar-refractivity contribution is 5.28. The summed E-state index contributed by atoms with van der Waals surface area (Å²) >= 11 is 0. The average molecular weight is 248 g/mol. The lowest BCUT2D eigenvalue weighted by molar-refractivity contribution is 0.385. The Kier molecular flexibility index (Phi) is 5.62. The first kappa shape index (κ1) is 14.5. The van der Waals surface area contributed by atoms with Crippen LogP contribution in [0.15, 0.2) is 29.3 Å². The zero-order chi connectivity index (χ0) is 13.5. The van der Waals surface area contributed by atoms with E-state index in [-0.39, 0.29) is 0 Å². The maximum absolute atomic E-state index is 4.26. The van der Waals surface area contributed by atoms with Crippen LogP contribution in [0, 0.1) is 12.8 Å². The summed E-state index contributed by atoms with van der Waals surface area (Å²) in [6.45, 7) is 12.0. The van der Waals surface area contributed by atoms with E-state index in [9.17, 15) is 0 Å². The van der Waals surface area contributed by atoms with E-state index in [1.165, 1.54) is 5.56 Å². The minimum atomic E-state index is 0.645. The Balaban J connectivity index is 2.51. The van der Waals surface area contributed by atoms with Crippen molar-refractivity contribution in [3.8, 4) is 0 Å². The molecule has 0 atom stereocenters. The molecule has 0 bridgehead atoms. The molecule has 0 aliphatic carbocycles. The third-order valence-corrected chi connectivity index (χ3v) is 2.59. The summed E-state index contributed by atoms with van der Waals surface area (Å²) in [4.78, 5) is 6.26. The first-order chi connectivity index (χ1) is 8.51. The van der Waals surface area contributed by atoms with Gasteiger partial charge in [-0.25, -0.2) is 0 Å². The molecule has 0 fully saturated rings. The highest BCUT2D eigenvalue weighted by Gasteiger charge is 2.01. The van der Waals surface area contributed by atoms with E-state index in [4.69, 9.17) is 0 Å². The number of hydrogen-bond acceptors (Lipinski definition) is 3. The molecule has 0 spiro atoms. The Bertz CT molecular complexity index is 404. The lowest BCUT2D eigenvalue weighted by Gasteiger charge is -2.17. The third-order valence-electron chi connectivity index (χ3n) is 2.59. The fraction of sp³-hybridized carbons (Fsp3) is 0.571.